The van der Waals surface area contributed by atoms with Crippen molar-refractivity contribution in [3.05, 3.63) is 27.3 Å². The first kappa shape index (κ1) is 13.8. The molecule has 20 heavy (non-hydrogen) atoms. The minimum absolute atomic E-state index is 0.0469. The minimum Gasteiger partial charge on any atom is -0.278 e. The third kappa shape index (κ3) is 2.20. The number of rotatable bonds is 3. The van der Waals surface area contributed by atoms with Crippen molar-refractivity contribution >= 4 is 54.4 Å². The molecule has 0 amide bonds. The van der Waals surface area contributed by atoms with Gasteiger partial charge in [-0.15, -0.1) is 22.7 Å². The van der Waals surface area contributed by atoms with Gasteiger partial charge in [-0.25, -0.2) is 9.97 Å². The zero-order valence-corrected chi connectivity index (χ0v) is 13.6. The van der Waals surface area contributed by atoms with Crippen molar-refractivity contribution in [2.24, 2.45) is 0 Å². The fraction of sp³-hybridized carbons (Fsp3) is 0.200. The molecule has 0 radical (unpaired) electrons. The number of anilines is 1. The lowest BCUT2D eigenvalue weighted by Crippen LogP contribution is -2.15. The molecule has 1 N–H and O–H groups in total. The van der Waals surface area contributed by atoms with Crippen LogP contribution in [-0.4, -0.2) is 22.8 Å². The summed E-state index contributed by atoms with van der Waals surface area (Å²) < 4.78 is 28.8. The van der Waals surface area contributed by atoms with Crippen molar-refractivity contribution < 1.29 is 8.42 Å². The van der Waals surface area contributed by atoms with E-state index in [1.807, 2.05) is 13.8 Å². The first-order valence-electron chi connectivity index (χ1n) is 5.46. The predicted octanol–water partition coefficient (Wildman–Crippen LogP) is 2.92. The summed E-state index contributed by atoms with van der Waals surface area (Å²) in [7, 11) is -3.83. The first-order chi connectivity index (χ1) is 9.38. The topological polar surface area (TPSA) is 76.4 Å². The van der Waals surface area contributed by atoms with Crippen LogP contribution in [0, 0.1) is 13.8 Å². The number of hydrogen-bond acceptors (Lipinski definition) is 6. The summed E-state index contributed by atoms with van der Waals surface area (Å²) in [6.45, 7) is 3.71. The van der Waals surface area contributed by atoms with E-state index in [2.05, 4.69) is 14.7 Å². The molecule has 0 unspecified atom stereocenters. The fourth-order valence-electron chi connectivity index (χ4n) is 1.66. The van der Waals surface area contributed by atoms with Gasteiger partial charge in [0, 0.05) is 16.5 Å². The average molecular weight is 349 g/mol. The second-order valence-electron chi connectivity index (χ2n) is 4.03. The Hall–Kier alpha value is -1.16. The second-order valence-corrected chi connectivity index (χ2v) is 8.06. The molecule has 3 rings (SSSR count). The number of aryl methyl sites for hydroxylation is 2. The molecule has 0 aliphatic carbocycles. The maximum atomic E-state index is 12.4. The van der Waals surface area contributed by atoms with Gasteiger partial charge in [-0.05, 0) is 13.8 Å². The Bertz CT molecular complexity index is 874. The monoisotopic (exact) mass is 348 g/mol. The summed E-state index contributed by atoms with van der Waals surface area (Å²) in [5, 5.41) is 1.95. The maximum absolute atomic E-state index is 12.4. The minimum atomic E-state index is -3.83. The number of sulfonamides is 1. The summed E-state index contributed by atoms with van der Waals surface area (Å²) in [5.41, 5.74) is 0.799. The van der Waals surface area contributed by atoms with Crippen LogP contribution < -0.4 is 4.72 Å². The molecule has 0 spiro atoms. The predicted molar refractivity (Wildman–Crippen MR) is 80.5 cm³/mol. The van der Waals surface area contributed by atoms with E-state index in [0.717, 1.165) is 10.6 Å². The second kappa shape index (κ2) is 4.69. The summed E-state index contributed by atoms with van der Waals surface area (Å²) >= 11 is 8.53. The van der Waals surface area contributed by atoms with Crippen molar-refractivity contribution in [1.29, 1.82) is 0 Å². The summed E-state index contributed by atoms with van der Waals surface area (Å²) in [6.07, 6.45) is 1.62. The molecule has 3 aromatic rings. The quantitative estimate of drug-likeness (QED) is 0.789. The lowest BCUT2D eigenvalue weighted by atomic mass is 10.4. The third-order valence-corrected chi connectivity index (χ3v) is 6.29. The molecular formula is C10H9ClN4O2S3. The summed E-state index contributed by atoms with van der Waals surface area (Å²) in [5.74, 6) is 0. The lowest BCUT2D eigenvalue weighted by Gasteiger charge is -2.03. The molecule has 3 heterocycles. The largest absolute Gasteiger partial charge is 0.282 e. The molecule has 0 aliphatic rings. The number of fused-ring (bicyclic) bond motifs is 1. The van der Waals surface area contributed by atoms with Crippen LogP contribution in [0.15, 0.2) is 16.6 Å². The summed E-state index contributed by atoms with van der Waals surface area (Å²) in [6, 6.07) is 0. The van der Waals surface area contributed by atoms with Gasteiger partial charge in [-0.1, -0.05) is 11.6 Å². The number of halogens is 1. The van der Waals surface area contributed by atoms with E-state index in [0.29, 0.717) is 10.1 Å². The van der Waals surface area contributed by atoms with Crippen molar-refractivity contribution in [2.45, 2.75) is 18.9 Å². The van der Waals surface area contributed by atoms with Crippen molar-refractivity contribution in [3.8, 4) is 0 Å². The molecular weight excluding hydrogens is 340 g/mol. The molecule has 0 fully saturated rings. The number of nitrogens with zero attached hydrogens (tertiary/aromatic N) is 3. The van der Waals surface area contributed by atoms with E-state index in [9.17, 15) is 8.42 Å². The number of aromatic nitrogens is 3. The van der Waals surface area contributed by atoms with Gasteiger partial charge in [0.2, 0.25) is 0 Å². The van der Waals surface area contributed by atoms with E-state index in [1.54, 1.807) is 11.6 Å². The Labute approximate surface area is 128 Å². The van der Waals surface area contributed by atoms with Crippen LogP contribution in [0.5, 0.6) is 0 Å². The lowest BCUT2D eigenvalue weighted by molar-refractivity contribution is 0.596. The van der Waals surface area contributed by atoms with Gasteiger partial charge in [0.25, 0.3) is 10.0 Å². The van der Waals surface area contributed by atoms with E-state index >= 15 is 0 Å². The highest BCUT2D eigenvalue weighted by Crippen LogP contribution is 2.29. The van der Waals surface area contributed by atoms with Gasteiger partial charge >= 0.3 is 0 Å². The van der Waals surface area contributed by atoms with Gasteiger partial charge in [-0.3, -0.25) is 9.12 Å². The van der Waals surface area contributed by atoms with Crippen LogP contribution >= 0.6 is 34.3 Å². The smallest absolute Gasteiger partial charge is 0.278 e. The van der Waals surface area contributed by atoms with Crippen LogP contribution in [0.2, 0.25) is 5.15 Å². The Morgan fingerprint density at radius 1 is 1.35 bits per heavy atom. The molecule has 6 nitrogen and oxygen atoms in total. The molecule has 0 atom stereocenters. The SMILES string of the molecule is Cc1nc(NS(=O)(=O)c2c(Cl)nc3sccn23)sc1C. The van der Waals surface area contributed by atoms with Crippen LogP contribution in [0.4, 0.5) is 5.13 Å². The number of thiazole rings is 2. The van der Waals surface area contributed by atoms with Crippen LogP contribution in [-0.2, 0) is 10.0 Å². The Morgan fingerprint density at radius 2 is 2.10 bits per heavy atom. The zero-order valence-electron chi connectivity index (χ0n) is 10.4. The third-order valence-electron chi connectivity index (χ3n) is 2.68. The summed E-state index contributed by atoms with van der Waals surface area (Å²) in [4.78, 5) is 9.67. The molecule has 106 valence electrons. The molecule has 10 heteroatoms. The van der Waals surface area contributed by atoms with Crippen LogP contribution in [0.3, 0.4) is 0 Å². The number of hydrogen-bond donors (Lipinski definition) is 1. The molecule has 0 saturated heterocycles. The highest BCUT2D eigenvalue weighted by Gasteiger charge is 2.26. The zero-order chi connectivity index (χ0) is 14.5. The van der Waals surface area contributed by atoms with Gasteiger partial charge < -0.3 is 0 Å². The van der Waals surface area contributed by atoms with E-state index in [-0.39, 0.29) is 10.2 Å². The molecule has 3 aromatic heterocycles. The Balaban J connectivity index is 2.07. The first-order valence-corrected chi connectivity index (χ1v) is 9.02. The van der Waals surface area contributed by atoms with Crippen molar-refractivity contribution in [2.75, 3.05) is 4.72 Å². The standard InChI is InChI=1S/C10H9ClN4O2S3/c1-5-6(2)19-9(12-5)14-20(16,17)8-7(11)13-10-15(8)3-4-18-10/h3-4H,1-2H3,(H,12,14). The molecule has 0 aromatic carbocycles. The van der Waals surface area contributed by atoms with Gasteiger partial charge in [0.05, 0.1) is 5.69 Å². The van der Waals surface area contributed by atoms with Crippen molar-refractivity contribution in [3.63, 3.8) is 0 Å². The van der Waals surface area contributed by atoms with Crippen LogP contribution in [0.25, 0.3) is 4.96 Å². The average Bonchev–Trinajstić information content (AvgIpc) is 2.93. The molecule has 0 aliphatic heterocycles. The van der Waals surface area contributed by atoms with E-state index in [1.165, 1.54) is 27.1 Å². The van der Waals surface area contributed by atoms with E-state index in [4.69, 9.17) is 11.6 Å². The highest BCUT2D eigenvalue weighted by atomic mass is 35.5. The van der Waals surface area contributed by atoms with E-state index < -0.39 is 10.0 Å². The number of imidazole rings is 1. The van der Waals surface area contributed by atoms with Gasteiger partial charge in [-0.2, -0.15) is 8.42 Å². The van der Waals surface area contributed by atoms with Crippen LogP contribution in [0.1, 0.15) is 10.6 Å². The molecule has 0 saturated carbocycles. The fourth-order valence-corrected chi connectivity index (χ4v) is 5.16. The van der Waals surface area contributed by atoms with Gasteiger partial charge in [0.1, 0.15) is 0 Å². The highest BCUT2D eigenvalue weighted by molar-refractivity contribution is 7.93. The molecule has 0 bridgehead atoms. The Morgan fingerprint density at radius 3 is 2.75 bits per heavy atom. The van der Waals surface area contributed by atoms with Crippen molar-refractivity contribution in [1.82, 2.24) is 14.4 Å². The normalized spacial score (nSPS) is 12.2. The Kier molecular flexibility index (Phi) is 3.24. The van der Waals surface area contributed by atoms with Gasteiger partial charge in [0.15, 0.2) is 20.3 Å². The maximum Gasteiger partial charge on any atom is 0.282 e. The number of nitrogens with one attached hydrogen (secondary N) is 1.